The molecular weight excluding hydrogens is 336 g/mol. The van der Waals surface area contributed by atoms with Crippen LogP contribution in [0.2, 0.25) is 0 Å². The minimum atomic E-state index is -3.72. The van der Waals surface area contributed by atoms with Crippen molar-refractivity contribution in [1.82, 2.24) is 19.3 Å². The number of ether oxygens (including phenoxy) is 1. The molecule has 0 spiro atoms. The second-order valence-electron chi connectivity index (χ2n) is 4.99. The molecular formula is C14H16N4O3S2. The van der Waals surface area contributed by atoms with Gasteiger partial charge in [-0.1, -0.05) is 23.5 Å². The minimum Gasteiger partial charge on any atom is -0.497 e. The Morgan fingerprint density at radius 2 is 2.13 bits per heavy atom. The number of aryl methyl sites for hydroxylation is 2. The van der Waals surface area contributed by atoms with Gasteiger partial charge in [0, 0.05) is 6.54 Å². The van der Waals surface area contributed by atoms with Crippen molar-refractivity contribution >= 4 is 26.3 Å². The smallest absolute Gasteiger partial charge is 0.260 e. The van der Waals surface area contributed by atoms with Crippen LogP contribution in [-0.2, 0) is 16.6 Å². The molecule has 122 valence electrons. The third kappa shape index (κ3) is 3.07. The fourth-order valence-corrected chi connectivity index (χ4v) is 4.39. The molecule has 0 amide bonds. The van der Waals surface area contributed by atoms with E-state index in [2.05, 4.69) is 14.8 Å². The number of hydrogen-bond acceptors (Lipinski definition) is 6. The summed E-state index contributed by atoms with van der Waals surface area (Å²) in [7, 11) is -2.16. The monoisotopic (exact) mass is 352 g/mol. The fourth-order valence-electron chi connectivity index (χ4n) is 2.26. The summed E-state index contributed by atoms with van der Waals surface area (Å²) in [5, 5.41) is 5.06. The lowest BCUT2D eigenvalue weighted by Gasteiger charge is -2.07. The Morgan fingerprint density at radius 3 is 2.87 bits per heavy atom. The number of sulfonamides is 1. The lowest BCUT2D eigenvalue weighted by Crippen LogP contribution is -2.25. The average Bonchev–Trinajstić information content (AvgIpc) is 2.99. The molecule has 0 unspecified atom stereocenters. The molecule has 0 fully saturated rings. The Kier molecular flexibility index (Phi) is 4.09. The molecule has 3 rings (SSSR count). The third-order valence-electron chi connectivity index (χ3n) is 3.28. The van der Waals surface area contributed by atoms with Crippen LogP contribution in [0.15, 0.2) is 29.3 Å². The number of fused-ring (bicyclic) bond motifs is 1. The molecule has 0 aliphatic carbocycles. The van der Waals surface area contributed by atoms with Crippen molar-refractivity contribution in [2.24, 2.45) is 0 Å². The van der Waals surface area contributed by atoms with Crippen LogP contribution < -0.4 is 9.46 Å². The second kappa shape index (κ2) is 5.91. The second-order valence-corrected chi connectivity index (χ2v) is 7.84. The van der Waals surface area contributed by atoms with E-state index in [1.54, 1.807) is 26.2 Å². The maximum absolute atomic E-state index is 12.6. The lowest BCUT2D eigenvalue weighted by atomic mass is 10.2. The van der Waals surface area contributed by atoms with Gasteiger partial charge in [0.2, 0.25) is 4.96 Å². The topological polar surface area (TPSA) is 85.6 Å². The van der Waals surface area contributed by atoms with E-state index in [1.165, 1.54) is 15.9 Å². The molecule has 0 aliphatic heterocycles. The number of benzene rings is 1. The van der Waals surface area contributed by atoms with E-state index in [1.807, 2.05) is 19.1 Å². The van der Waals surface area contributed by atoms with Gasteiger partial charge in [0.15, 0.2) is 5.03 Å². The predicted molar refractivity (Wildman–Crippen MR) is 87.4 cm³/mol. The highest BCUT2D eigenvalue weighted by atomic mass is 32.2. The first-order valence-corrected chi connectivity index (χ1v) is 9.16. The summed E-state index contributed by atoms with van der Waals surface area (Å²) in [6.45, 7) is 3.64. The third-order valence-corrected chi connectivity index (χ3v) is 5.61. The first-order valence-electron chi connectivity index (χ1n) is 6.86. The van der Waals surface area contributed by atoms with E-state index in [9.17, 15) is 8.42 Å². The first-order chi connectivity index (χ1) is 10.9. The van der Waals surface area contributed by atoms with Gasteiger partial charge in [-0.05, 0) is 31.5 Å². The van der Waals surface area contributed by atoms with Crippen LogP contribution in [0.1, 0.15) is 16.3 Å². The van der Waals surface area contributed by atoms with Crippen LogP contribution in [-0.4, -0.2) is 30.1 Å². The molecule has 2 heterocycles. The lowest BCUT2D eigenvalue weighted by molar-refractivity contribution is 0.414. The van der Waals surface area contributed by atoms with Crippen LogP contribution >= 0.6 is 11.3 Å². The van der Waals surface area contributed by atoms with Gasteiger partial charge in [0.1, 0.15) is 10.8 Å². The van der Waals surface area contributed by atoms with Crippen molar-refractivity contribution in [3.8, 4) is 5.75 Å². The Bertz CT molecular complexity index is 960. The number of nitrogens with one attached hydrogen (secondary N) is 1. The zero-order valence-corrected chi connectivity index (χ0v) is 14.5. The van der Waals surface area contributed by atoms with Gasteiger partial charge in [-0.2, -0.15) is 9.61 Å². The zero-order valence-electron chi connectivity index (χ0n) is 12.9. The van der Waals surface area contributed by atoms with Crippen LogP contribution in [0.25, 0.3) is 4.96 Å². The van der Waals surface area contributed by atoms with E-state index in [0.29, 0.717) is 16.4 Å². The Balaban J connectivity index is 1.90. The molecule has 0 atom stereocenters. The summed E-state index contributed by atoms with van der Waals surface area (Å²) < 4.78 is 34.4. The van der Waals surface area contributed by atoms with E-state index in [4.69, 9.17) is 4.74 Å². The predicted octanol–water partition coefficient (Wildman–Crippen LogP) is 1.89. The largest absolute Gasteiger partial charge is 0.497 e. The molecule has 3 aromatic rings. The summed E-state index contributed by atoms with van der Waals surface area (Å²) >= 11 is 1.35. The van der Waals surface area contributed by atoms with Crippen LogP contribution in [0.4, 0.5) is 0 Å². The van der Waals surface area contributed by atoms with E-state index in [0.717, 1.165) is 10.6 Å². The van der Waals surface area contributed by atoms with Gasteiger partial charge in [0.05, 0.1) is 12.8 Å². The SMILES string of the molecule is COc1cccc(CNS(=O)(=O)c2c(C)nc3sc(C)nn23)c1. The standard InChI is InChI=1S/C14H16N4O3S2/c1-9-13(18-14(16-9)22-10(2)17-18)23(19,20)15-8-11-5-4-6-12(7-11)21-3/h4-7,15H,8H2,1-3H3. The molecule has 0 saturated heterocycles. The number of rotatable bonds is 5. The molecule has 23 heavy (non-hydrogen) atoms. The Labute approximate surface area is 138 Å². The minimum absolute atomic E-state index is 0.0831. The highest BCUT2D eigenvalue weighted by Crippen LogP contribution is 2.22. The van der Waals surface area contributed by atoms with Crippen LogP contribution in [0.3, 0.4) is 0 Å². The Morgan fingerprint density at radius 1 is 1.35 bits per heavy atom. The van der Waals surface area contributed by atoms with Crippen molar-refractivity contribution in [3.63, 3.8) is 0 Å². The van der Waals surface area contributed by atoms with Crippen LogP contribution in [0.5, 0.6) is 5.75 Å². The van der Waals surface area contributed by atoms with Crippen molar-refractivity contribution in [3.05, 3.63) is 40.5 Å². The van der Waals surface area contributed by atoms with Gasteiger partial charge in [-0.3, -0.25) is 0 Å². The molecule has 1 aromatic carbocycles. The number of nitrogens with zero attached hydrogens (tertiary/aromatic N) is 3. The highest BCUT2D eigenvalue weighted by Gasteiger charge is 2.25. The van der Waals surface area contributed by atoms with E-state index >= 15 is 0 Å². The molecule has 7 nitrogen and oxygen atoms in total. The van der Waals surface area contributed by atoms with Crippen molar-refractivity contribution in [2.45, 2.75) is 25.4 Å². The van der Waals surface area contributed by atoms with E-state index in [-0.39, 0.29) is 11.6 Å². The molecule has 0 aliphatic rings. The van der Waals surface area contributed by atoms with Gasteiger partial charge >= 0.3 is 0 Å². The number of aromatic nitrogens is 3. The number of imidazole rings is 1. The molecule has 0 saturated carbocycles. The summed E-state index contributed by atoms with van der Waals surface area (Å²) in [6, 6.07) is 7.24. The van der Waals surface area contributed by atoms with Gasteiger partial charge < -0.3 is 4.74 Å². The molecule has 9 heteroatoms. The van der Waals surface area contributed by atoms with Crippen LogP contribution in [0, 0.1) is 13.8 Å². The first kappa shape index (κ1) is 15.9. The summed E-state index contributed by atoms with van der Waals surface area (Å²) in [4.78, 5) is 4.83. The summed E-state index contributed by atoms with van der Waals surface area (Å²) in [5.74, 6) is 0.680. The van der Waals surface area contributed by atoms with Crippen molar-refractivity contribution in [2.75, 3.05) is 7.11 Å². The van der Waals surface area contributed by atoms with E-state index < -0.39 is 10.0 Å². The molecule has 1 N–H and O–H groups in total. The number of methoxy groups -OCH3 is 1. The quantitative estimate of drug-likeness (QED) is 0.758. The zero-order chi connectivity index (χ0) is 16.6. The fraction of sp³-hybridized carbons (Fsp3) is 0.286. The highest BCUT2D eigenvalue weighted by molar-refractivity contribution is 7.89. The maximum atomic E-state index is 12.6. The molecule has 0 radical (unpaired) electrons. The molecule has 0 bridgehead atoms. The van der Waals surface area contributed by atoms with Gasteiger partial charge in [-0.15, -0.1) is 0 Å². The molecule has 2 aromatic heterocycles. The number of hydrogen-bond donors (Lipinski definition) is 1. The Hall–Kier alpha value is -1.97. The van der Waals surface area contributed by atoms with Crippen molar-refractivity contribution < 1.29 is 13.2 Å². The van der Waals surface area contributed by atoms with Gasteiger partial charge in [-0.25, -0.2) is 18.1 Å². The van der Waals surface area contributed by atoms with Crippen molar-refractivity contribution in [1.29, 1.82) is 0 Å². The normalized spacial score (nSPS) is 12.0. The average molecular weight is 352 g/mol. The van der Waals surface area contributed by atoms with Gasteiger partial charge in [0.25, 0.3) is 10.0 Å². The summed E-state index contributed by atoms with van der Waals surface area (Å²) in [5.41, 5.74) is 1.24. The summed E-state index contributed by atoms with van der Waals surface area (Å²) in [6.07, 6.45) is 0. The maximum Gasteiger partial charge on any atom is 0.260 e.